The molecule has 1 N–H and O–H groups in total. The molecule has 4 nitrogen and oxygen atoms in total. The van der Waals surface area contributed by atoms with Gasteiger partial charge in [0.05, 0.1) is 4.92 Å². The van der Waals surface area contributed by atoms with Crippen LogP contribution in [0.15, 0.2) is 18.2 Å². The van der Waals surface area contributed by atoms with Gasteiger partial charge < -0.3 is 4.98 Å². The van der Waals surface area contributed by atoms with Crippen molar-refractivity contribution in [2.24, 2.45) is 0 Å². The SMILES string of the molecule is Cc1cc2c[c]cc([N+](=O)[O-])c2[nH]1. The molecular weight excluding hydrogens is 168 g/mol. The Labute approximate surface area is 74.3 Å². The lowest BCUT2D eigenvalue weighted by molar-refractivity contribution is -0.383. The van der Waals surface area contributed by atoms with Gasteiger partial charge in [-0.3, -0.25) is 10.1 Å². The molecule has 0 aliphatic carbocycles. The number of H-pyrrole nitrogens is 1. The highest BCUT2D eigenvalue weighted by molar-refractivity contribution is 5.88. The Morgan fingerprint density at radius 2 is 2.31 bits per heavy atom. The van der Waals surface area contributed by atoms with Gasteiger partial charge in [-0.25, -0.2) is 0 Å². The van der Waals surface area contributed by atoms with Crippen molar-refractivity contribution in [2.45, 2.75) is 6.92 Å². The van der Waals surface area contributed by atoms with E-state index >= 15 is 0 Å². The first-order valence-electron chi connectivity index (χ1n) is 3.82. The molecule has 0 saturated heterocycles. The third-order valence-electron chi connectivity index (χ3n) is 1.89. The van der Waals surface area contributed by atoms with Gasteiger partial charge in [0.1, 0.15) is 5.52 Å². The standard InChI is InChI=1S/C9H7N2O2/c1-6-5-7-3-2-4-8(11(12)13)9(7)10-6/h3-5,10H,1H3. The fourth-order valence-electron chi connectivity index (χ4n) is 1.36. The van der Waals surface area contributed by atoms with Gasteiger partial charge in [0.2, 0.25) is 0 Å². The highest BCUT2D eigenvalue weighted by Crippen LogP contribution is 2.24. The second-order valence-corrected chi connectivity index (χ2v) is 2.88. The van der Waals surface area contributed by atoms with Crippen LogP contribution in [0.5, 0.6) is 0 Å². The summed E-state index contributed by atoms with van der Waals surface area (Å²) in [5.41, 5.74) is 1.56. The van der Waals surface area contributed by atoms with Crippen LogP contribution in [0, 0.1) is 23.1 Å². The van der Waals surface area contributed by atoms with Crippen molar-refractivity contribution in [3.05, 3.63) is 40.1 Å². The molecule has 2 rings (SSSR count). The lowest BCUT2D eigenvalue weighted by atomic mass is 10.2. The summed E-state index contributed by atoms with van der Waals surface area (Å²) in [4.78, 5) is 13.1. The minimum Gasteiger partial charge on any atom is -0.353 e. The molecule has 0 bridgehead atoms. The molecule has 0 amide bonds. The van der Waals surface area contributed by atoms with E-state index in [-0.39, 0.29) is 5.69 Å². The number of hydrogen-bond donors (Lipinski definition) is 1. The van der Waals surface area contributed by atoms with Crippen LogP contribution >= 0.6 is 0 Å². The Morgan fingerprint density at radius 3 is 3.00 bits per heavy atom. The predicted octanol–water partition coefficient (Wildman–Crippen LogP) is 2.18. The third-order valence-corrected chi connectivity index (χ3v) is 1.89. The van der Waals surface area contributed by atoms with Crippen LogP contribution in [0.4, 0.5) is 5.69 Å². The summed E-state index contributed by atoms with van der Waals surface area (Å²) < 4.78 is 0. The first kappa shape index (κ1) is 7.79. The largest absolute Gasteiger partial charge is 0.353 e. The summed E-state index contributed by atoms with van der Waals surface area (Å²) in [7, 11) is 0. The van der Waals surface area contributed by atoms with Crippen LogP contribution in [-0.4, -0.2) is 9.91 Å². The van der Waals surface area contributed by atoms with E-state index < -0.39 is 4.92 Å². The number of rotatable bonds is 1. The van der Waals surface area contributed by atoms with Crippen molar-refractivity contribution in [1.82, 2.24) is 4.98 Å². The molecule has 0 aliphatic heterocycles. The number of aryl methyl sites for hydroxylation is 1. The monoisotopic (exact) mass is 175 g/mol. The summed E-state index contributed by atoms with van der Waals surface area (Å²) in [5.74, 6) is 0. The molecule has 0 atom stereocenters. The van der Waals surface area contributed by atoms with Crippen LogP contribution in [0.1, 0.15) is 5.69 Å². The quantitative estimate of drug-likeness (QED) is 0.533. The topological polar surface area (TPSA) is 58.9 Å². The molecule has 4 heteroatoms. The number of hydrogen-bond acceptors (Lipinski definition) is 2. The summed E-state index contributed by atoms with van der Waals surface area (Å²) in [6.45, 7) is 1.86. The van der Waals surface area contributed by atoms with E-state index in [9.17, 15) is 10.1 Å². The predicted molar refractivity (Wildman–Crippen MR) is 48.5 cm³/mol. The Balaban J connectivity index is 2.82. The fraction of sp³-hybridized carbons (Fsp3) is 0.111. The van der Waals surface area contributed by atoms with Crippen molar-refractivity contribution in [1.29, 1.82) is 0 Å². The van der Waals surface area contributed by atoms with Crippen molar-refractivity contribution in [3.8, 4) is 0 Å². The second kappa shape index (κ2) is 2.58. The van der Waals surface area contributed by atoms with Gasteiger partial charge in [-0.1, -0.05) is 0 Å². The summed E-state index contributed by atoms with van der Waals surface area (Å²) >= 11 is 0. The average Bonchev–Trinajstić information content (AvgIpc) is 2.43. The lowest BCUT2D eigenvalue weighted by Crippen LogP contribution is -1.88. The van der Waals surface area contributed by atoms with E-state index in [0.29, 0.717) is 5.52 Å². The Bertz CT molecular complexity index is 473. The molecule has 1 aromatic heterocycles. The Hall–Kier alpha value is -1.84. The van der Waals surface area contributed by atoms with Gasteiger partial charge in [-0.2, -0.15) is 0 Å². The van der Waals surface area contributed by atoms with E-state index in [4.69, 9.17) is 0 Å². The van der Waals surface area contributed by atoms with E-state index in [1.807, 2.05) is 13.0 Å². The first-order valence-corrected chi connectivity index (χ1v) is 3.82. The van der Waals surface area contributed by atoms with Crippen molar-refractivity contribution in [3.63, 3.8) is 0 Å². The third kappa shape index (κ3) is 1.16. The highest BCUT2D eigenvalue weighted by atomic mass is 16.6. The highest BCUT2D eigenvalue weighted by Gasteiger charge is 2.12. The van der Waals surface area contributed by atoms with Crippen molar-refractivity contribution in [2.75, 3.05) is 0 Å². The molecule has 1 radical (unpaired) electrons. The van der Waals surface area contributed by atoms with Crippen LogP contribution in [0.25, 0.3) is 10.9 Å². The minimum absolute atomic E-state index is 0.0746. The molecule has 0 fully saturated rings. The summed E-state index contributed by atoms with van der Waals surface area (Å²) in [6, 6.07) is 7.70. The number of nitro benzene ring substituents is 1. The van der Waals surface area contributed by atoms with Crippen LogP contribution < -0.4 is 0 Å². The zero-order chi connectivity index (χ0) is 9.42. The van der Waals surface area contributed by atoms with E-state index in [1.54, 1.807) is 6.07 Å². The molecule has 2 aromatic rings. The maximum absolute atomic E-state index is 10.6. The van der Waals surface area contributed by atoms with Crippen molar-refractivity contribution < 1.29 is 4.92 Å². The molecule has 0 spiro atoms. The van der Waals surface area contributed by atoms with E-state index in [1.165, 1.54) is 6.07 Å². The molecular formula is C9H7N2O2. The smallest absolute Gasteiger partial charge is 0.293 e. The number of nitrogens with zero attached hydrogens (tertiary/aromatic N) is 1. The van der Waals surface area contributed by atoms with Crippen molar-refractivity contribution >= 4 is 16.6 Å². The average molecular weight is 175 g/mol. The Morgan fingerprint density at radius 1 is 1.54 bits per heavy atom. The maximum Gasteiger partial charge on any atom is 0.293 e. The summed E-state index contributed by atoms with van der Waals surface area (Å²) in [5, 5.41) is 11.4. The summed E-state index contributed by atoms with van der Waals surface area (Å²) in [6.07, 6.45) is 0. The first-order chi connectivity index (χ1) is 6.18. The van der Waals surface area contributed by atoms with Gasteiger partial charge in [-0.15, -0.1) is 0 Å². The van der Waals surface area contributed by atoms with Crippen LogP contribution in [-0.2, 0) is 0 Å². The number of aromatic amines is 1. The number of aromatic nitrogens is 1. The number of non-ortho nitro benzene ring substituents is 1. The normalized spacial score (nSPS) is 10.5. The molecule has 0 unspecified atom stereocenters. The second-order valence-electron chi connectivity index (χ2n) is 2.88. The zero-order valence-corrected chi connectivity index (χ0v) is 7.00. The molecule has 0 saturated carbocycles. The number of nitrogens with one attached hydrogen (secondary N) is 1. The van der Waals surface area contributed by atoms with E-state index in [2.05, 4.69) is 11.1 Å². The fourth-order valence-corrected chi connectivity index (χ4v) is 1.36. The number of benzene rings is 1. The van der Waals surface area contributed by atoms with Crippen LogP contribution in [0.3, 0.4) is 0 Å². The molecule has 13 heavy (non-hydrogen) atoms. The maximum atomic E-state index is 10.6. The molecule has 0 aliphatic rings. The number of fused-ring (bicyclic) bond motifs is 1. The lowest BCUT2D eigenvalue weighted by Gasteiger charge is -1.91. The van der Waals surface area contributed by atoms with Gasteiger partial charge in [-0.05, 0) is 25.1 Å². The van der Waals surface area contributed by atoms with Gasteiger partial charge in [0.25, 0.3) is 5.69 Å². The van der Waals surface area contributed by atoms with E-state index in [0.717, 1.165) is 11.1 Å². The minimum atomic E-state index is -0.408. The van der Waals surface area contributed by atoms with Gasteiger partial charge in [0.15, 0.2) is 0 Å². The molecule has 1 aromatic carbocycles. The molecule has 1 heterocycles. The van der Waals surface area contributed by atoms with Crippen LogP contribution in [0.2, 0.25) is 0 Å². The molecule has 65 valence electrons. The zero-order valence-electron chi connectivity index (χ0n) is 7.00. The van der Waals surface area contributed by atoms with Gasteiger partial charge in [0, 0.05) is 17.1 Å². The number of nitro groups is 1. The van der Waals surface area contributed by atoms with Gasteiger partial charge >= 0.3 is 0 Å². The Kier molecular flexibility index (Phi) is 1.55.